The SMILES string of the molecule is c1ccc(CN2CCOCC3(CCOCC3)C2)cc1. The minimum atomic E-state index is 0.323. The van der Waals surface area contributed by atoms with Crippen molar-refractivity contribution in [3.63, 3.8) is 0 Å². The van der Waals surface area contributed by atoms with Gasteiger partial charge in [0.05, 0.1) is 13.2 Å². The van der Waals surface area contributed by atoms with E-state index in [1.54, 1.807) is 0 Å². The molecule has 2 heterocycles. The van der Waals surface area contributed by atoms with E-state index in [1.165, 1.54) is 5.56 Å². The second-order valence-electron chi connectivity index (χ2n) is 5.86. The lowest BCUT2D eigenvalue weighted by Gasteiger charge is -2.38. The Morgan fingerprint density at radius 2 is 1.79 bits per heavy atom. The quantitative estimate of drug-likeness (QED) is 0.815. The summed E-state index contributed by atoms with van der Waals surface area (Å²) in [5.41, 5.74) is 1.72. The zero-order valence-corrected chi connectivity index (χ0v) is 11.5. The van der Waals surface area contributed by atoms with Crippen LogP contribution in [-0.4, -0.2) is 44.4 Å². The molecule has 1 aromatic rings. The van der Waals surface area contributed by atoms with Gasteiger partial charge < -0.3 is 9.47 Å². The molecule has 3 heteroatoms. The van der Waals surface area contributed by atoms with Crippen LogP contribution in [0.3, 0.4) is 0 Å². The van der Waals surface area contributed by atoms with E-state index >= 15 is 0 Å². The van der Waals surface area contributed by atoms with Crippen LogP contribution in [0.25, 0.3) is 0 Å². The maximum absolute atomic E-state index is 5.86. The highest BCUT2D eigenvalue weighted by molar-refractivity contribution is 5.14. The lowest BCUT2D eigenvalue weighted by Crippen LogP contribution is -2.42. The van der Waals surface area contributed by atoms with Crippen LogP contribution in [0.1, 0.15) is 18.4 Å². The van der Waals surface area contributed by atoms with Crippen LogP contribution in [0.2, 0.25) is 0 Å². The van der Waals surface area contributed by atoms with Crippen molar-refractivity contribution in [1.29, 1.82) is 0 Å². The summed E-state index contributed by atoms with van der Waals surface area (Å²) in [6, 6.07) is 10.7. The molecule has 3 rings (SSSR count). The lowest BCUT2D eigenvalue weighted by molar-refractivity contribution is -0.0320. The summed E-state index contributed by atoms with van der Waals surface area (Å²) < 4.78 is 11.4. The molecule has 2 aliphatic rings. The number of rotatable bonds is 2. The van der Waals surface area contributed by atoms with Crippen LogP contribution >= 0.6 is 0 Å². The van der Waals surface area contributed by atoms with Gasteiger partial charge in [-0.2, -0.15) is 0 Å². The molecule has 0 aliphatic carbocycles. The van der Waals surface area contributed by atoms with E-state index < -0.39 is 0 Å². The van der Waals surface area contributed by atoms with Crippen LogP contribution in [0.15, 0.2) is 30.3 Å². The maximum atomic E-state index is 5.86. The normalized spacial score (nSPS) is 24.2. The molecule has 1 spiro atoms. The first-order valence-corrected chi connectivity index (χ1v) is 7.28. The predicted octanol–water partition coefficient (Wildman–Crippen LogP) is 2.32. The standard InChI is InChI=1S/C16H23NO2/c1-2-4-15(5-3-1)12-17-8-11-19-14-16(13-17)6-9-18-10-7-16/h1-5H,6-14H2. The van der Waals surface area contributed by atoms with Crippen molar-refractivity contribution in [2.75, 3.05) is 39.5 Å². The minimum absolute atomic E-state index is 0.323. The van der Waals surface area contributed by atoms with Gasteiger partial charge in [-0.05, 0) is 18.4 Å². The molecule has 0 amide bonds. The van der Waals surface area contributed by atoms with Crippen LogP contribution < -0.4 is 0 Å². The minimum Gasteiger partial charge on any atom is -0.381 e. The molecule has 0 saturated carbocycles. The third-order valence-electron chi connectivity index (χ3n) is 4.32. The summed E-state index contributed by atoms with van der Waals surface area (Å²) in [6.07, 6.45) is 2.27. The second-order valence-corrected chi connectivity index (χ2v) is 5.86. The highest BCUT2D eigenvalue weighted by Crippen LogP contribution is 2.33. The number of benzene rings is 1. The Labute approximate surface area is 115 Å². The highest BCUT2D eigenvalue weighted by Gasteiger charge is 2.36. The highest BCUT2D eigenvalue weighted by atomic mass is 16.5. The molecule has 0 bridgehead atoms. The fourth-order valence-corrected chi connectivity index (χ4v) is 3.16. The molecule has 2 fully saturated rings. The predicted molar refractivity (Wildman–Crippen MR) is 75.0 cm³/mol. The van der Waals surface area contributed by atoms with Crippen molar-refractivity contribution in [3.8, 4) is 0 Å². The van der Waals surface area contributed by atoms with Crippen molar-refractivity contribution in [3.05, 3.63) is 35.9 Å². The van der Waals surface area contributed by atoms with Gasteiger partial charge in [0.25, 0.3) is 0 Å². The second kappa shape index (κ2) is 6.04. The van der Waals surface area contributed by atoms with E-state index in [1.807, 2.05) is 0 Å². The van der Waals surface area contributed by atoms with E-state index in [0.717, 1.165) is 58.9 Å². The summed E-state index contributed by atoms with van der Waals surface area (Å²) >= 11 is 0. The smallest absolute Gasteiger partial charge is 0.0593 e. The molecule has 0 aromatic heterocycles. The van der Waals surface area contributed by atoms with E-state index in [9.17, 15) is 0 Å². The van der Waals surface area contributed by atoms with Crippen molar-refractivity contribution < 1.29 is 9.47 Å². The summed E-state index contributed by atoms with van der Waals surface area (Å²) in [4.78, 5) is 2.55. The molecular formula is C16H23NO2. The molecular weight excluding hydrogens is 238 g/mol. The average molecular weight is 261 g/mol. The van der Waals surface area contributed by atoms with Crippen LogP contribution in [0, 0.1) is 5.41 Å². The third-order valence-corrected chi connectivity index (χ3v) is 4.32. The number of hydrogen-bond acceptors (Lipinski definition) is 3. The van der Waals surface area contributed by atoms with Gasteiger partial charge in [-0.25, -0.2) is 0 Å². The van der Waals surface area contributed by atoms with Crippen molar-refractivity contribution in [1.82, 2.24) is 4.90 Å². The fourth-order valence-electron chi connectivity index (χ4n) is 3.16. The van der Waals surface area contributed by atoms with E-state index in [0.29, 0.717) is 5.41 Å². The largest absolute Gasteiger partial charge is 0.381 e. The Bertz CT molecular complexity index is 387. The van der Waals surface area contributed by atoms with Gasteiger partial charge in [0.2, 0.25) is 0 Å². The van der Waals surface area contributed by atoms with Gasteiger partial charge in [-0.1, -0.05) is 30.3 Å². The molecule has 3 nitrogen and oxygen atoms in total. The maximum Gasteiger partial charge on any atom is 0.0593 e. The van der Waals surface area contributed by atoms with Gasteiger partial charge in [0.1, 0.15) is 0 Å². The molecule has 104 valence electrons. The van der Waals surface area contributed by atoms with E-state index in [-0.39, 0.29) is 0 Å². The Balaban J connectivity index is 1.67. The molecule has 0 atom stereocenters. The number of ether oxygens (including phenoxy) is 2. The van der Waals surface area contributed by atoms with E-state index in [2.05, 4.69) is 35.2 Å². The molecule has 2 saturated heterocycles. The first-order valence-electron chi connectivity index (χ1n) is 7.28. The summed E-state index contributed by atoms with van der Waals surface area (Å²) in [7, 11) is 0. The summed E-state index contributed by atoms with van der Waals surface area (Å²) in [6.45, 7) is 6.76. The summed E-state index contributed by atoms with van der Waals surface area (Å²) in [5.74, 6) is 0. The Morgan fingerprint density at radius 3 is 2.58 bits per heavy atom. The zero-order valence-electron chi connectivity index (χ0n) is 11.5. The first-order chi connectivity index (χ1) is 9.36. The van der Waals surface area contributed by atoms with Gasteiger partial charge in [-0.15, -0.1) is 0 Å². The lowest BCUT2D eigenvalue weighted by atomic mass is 9.80. The van der Waals surface area contributed by atoms with Gasteiger partial charge in [0.15, 0.2) is 0 Å². The van der Waals surface area contributed by atoms with Gasteiger partial charge in [-0.3, -0.25) is 4.90 Å². The Morgan fingerprint density at radius 1 is 1.00 bits per heavy atom. The zero-order chi connectivity index (χ0) is 13.0. The molecule has 0 N–H and O–H groups in total. The van der Waals surface area contributed by atoms with Crippen molar-refractivity contribution >= 4 is 0 Å². The first kappa shape index (κ1) is 13.1. The molecule has 0 radical (unpaired) electrons. The van der Waals surface area contributed by atoms with Crippen molar-refractivity contribution in [2.45, 2.75) is 19.4 Å². The number of nitrogens with zero attached hydrogens (tertiary/aromatic N) is 1. The van der Waals surface area contributed by atoms with Crippen LogP contribution in [0.5, 0.6) is 0 Å². The molecule has 2 aliphatic heterocycles. The average Bonchev–Trinajstić information content (AvgIpc) is 2.63. The molecule has 19 heavy (non-hydrogen) atoms. The third kappa shape index (κ3) is 3.35. The molecule has 0 unspecified atom stereocenters. The van der Waals surface area contributed by atoms with Crippen LogP contribution in [0.4, 0.5) is 0 Å². The fraction of sp³-hybridized carbons (Fsp3) is 0.625. The topological polar surface area (TPSA) is 21.7 Å². The Kier molecular flexibility index (Phi) is 4.16. The Hall–Kier alpha value is -0.900. The summed E-state index contributed by atoms with van der Waals surface area (Å²) in [5, 5.41) is 0. The van der Waals surface area contributed by atoms with Gasteiger partial charge >= 0.3 is 0 Å². The van der Waals surface area contributed by atoms with Crippen LogP contribution in [-0.2, 0) is 16.0 Å². The monoisotopic (exact) mass is 261 g/mol. The number of hydrogen-bond donors (Lipinski definition) is 0. The van der Waals surface area contributed by atoms with Gasteiger partial charge in [0, 0.05) is 38.3 Å². The van der Waals surface area contributed by atoms with Crippen molar-refractivity contribution in [2.24, 2.45) is 5.41 Å². The molecule has 1 aromatic carbocycles. The van der Waals surface area contributed by atoms with E-state index in [4.69, 9.17) is 9.47 Å².